The molecule has 1 aromatic rings. The third-order valence-corrected chi connectivity index (χ3v) is 5.53. The van der Waals surface area contributed by atoms with Crippen molar-refractivity contribution in [2.75, 3.05) is 32.3 Å². The molecule has 1 aromatic carbocycles. The van der Waals surface area contributed by atoms with Gasteiger partial charge in [-0.3, -0.25) is 14.4 Å². The Kier molecular flexibility index (Phi) is 6.45. The van der Waals surface area contributed by atoms with Gasteiger partial charge in [0.2, 0.25) is 5.91 Å². The van der Waals surface area contributed by atoms with E-state index in [4.69, 9.17) is 14.2 Å². The van der Waals surface area contributed by atoms with E-state index in [0.717, 1.165) is 12.8 Å². The Balaban J connectivity index is 1.58. The highest BCUT2D eigenvalue weighted by molar-refractivity contribution is 6.00. The highest BCUT2D eigenvalue weighted by atomic mass is 16.5. The van der Waals surface area contributed by atoms with E-state index < -0.39 is 29.9 Å². The fraction of sp³-hybridized carbons (Fsp3) is 0.524. The van der Waals surface area contributed by atoms with Crippen LogP contribution < -0.4 is 19.7 Å². The zero-order valence-electron chi connectivity index (χ0n) is 17.1. The highest BCUT2D eigenvalue weighted by Gasteiger charge is 2.38. The Labute approximate surface area is 174 Å². The summed E-state index contributed by atoms with van der Waals surface area (Å²) in [5.74, 6) is -1.01. The molecule has 1 aliphatic carbocycles. The lowest BCUT2D eigenvalue weighted by molar-refractivity contribution is -0.152. The summed E-state index contributed by atoms with van der Waals surface area (Å²) in [6.07, 6.45) is 2.93. The molecular formula is C21H25N3O6. The second kappa shape index (κ2) is 9.03. The quantitative estimate of drug-likeness (QED) is 0.671. The second-order valence-corrected chi connectivity index (χ2v) is 7.50. The third kappa shape index (κ3) is 4.48. The number of nitrogens with zero attached hydrogens (tertiary/aromatic N) is 2. The van der Waals surface area contributed by atoms with Crippen LogP contribution >= 0.6 is 0 Å². The lowest BCUT2D eigenvalue weighted by Gasteiger charge is -2.22. The molecule has 160 valence electrons. The molecular weight excluding hydrogens is 390 g/mol. The number of nitrogens with one attached hydrogen (secondary N) is 1. The Bertz CT molecular complexity index is 872. The van der Waals surface area contributed by atoms with Crippen molar-refractivity contribution in [3.63, 3.8) is 0 Å². The van der Waals surface area contributed by atoms with E-state index in [9.17, 15) is 19.6 Å². The number of rotatable bonds is 7. The zero-order chi connectivity index (χ0) is 21.7. The molecule has 3 rings (SSSR count). The maximum atomic E-state index is 12.5. The van der Waals surface area contributed by atoms with Crippen LogP contribution in [-0.4, -0.2) is 50.7 Å². The molecule has 1 saturated heterocycles. The van der Waals surface area contributed by atoms with Crippen LogP contribution in [0.1, 0.15) is 32.1 Å². The molecule has 1 saturated carbocycles. The Hall–Kier alpha value is -3.28. The molecule has 0 aromatic heterocycles. The minimum absolute atomic E-state index is 0.0161. The van der Waals surface area contributed by atoms with Crippen LogP contribution in [0, 0.1) is 17.2 Å². The van der Waals surface area contributed by atoms with Crippen molar-refractivity contribution in [1.82, 2.24) is 5.32 Å². The van der Waals surface area contributed by atoms with Gasteiger partial charge in [-0.1, -0.05) is 0 Å². The number of hydrogen-bond acceptors (Lipinski definition) is 7. The number of anilines is 1. The zero-order valence-corrected chi connectivity index (χ0v) is 17.1. The average Bonchev–Trinajstić information content (AvgIpc) is 3.38. The van der Waals surface area contributed by atoms with E-state index in [1.165, 1.54) is 19.1 Å². The van der Waals surface area contributed by atoms with Gasteiger partial charge in [0.25, 0.3) is 5.91 Å². The SMILES string of the molecule is COc1ccc(N2C[C@H](C(=O)OCC(=O)NC3(C#N)CCCC3)CC2=O)c(OC)c1. The summed E-state index contributed by atoms with van der Waals surface area (Å²) in [4.78, 5) is 38.5. The van der Waals surface area contributed by atoms with Crippen LogP contribution in [0.25, 0.3) is 0 Å². The Morgan fingerprint density at radius 1 is 1.27 bits per heavy atom. The fourth-order valence-electron chi connectivity index (χ4n) is 3.91. The van der Waals surface area contributed by atoms with Crippen molar-refractivity contribution < 1.29 is 28.6 Å². The number of ether oxygens (including phenoxy) is 3. The Morgan fingerprint density at radius 3 is 2.63 bits per heavy atom. The van der Waals surface area contributed by atoms with Gasteiger partial charge < -0.3 is 24.4 Å². The van der Waals surface area contributed by atoms with E-state index in [2.05, 4.69) is 11.4 Å². The maximum absolute atomic E-state index is 12.5. The van der Waals surface area contributed by atoms with Crippen LogP contribution in [0.3, 0.4) is 0 Å². The van der Waals surface area contributed by atoms with Crippen molar-refractivity contribution in [1.29, 1.82) is 5.26 Å². The van der Waals surface area contributed by atoms with Crippen LogP contribution in [0.2, 0.25) is 0 Å². The van der Waals surface area contributed by atoms with E-state index in [1.807, 2.05) is 0 Å². The van der Waals surface area contributed by atoms with Crippen LogP contribution in [-0.2, 0) is 19.1 Å². The first-order chi connectivity index (χ1) is 14.4. The predicted molar refractivity (Wildman–Crippen MR) is 106 cm³/mol. The molecule has 9 nitrogen and oxygen atoms in total. The highest BCUT2D eigenvalue weighted by Crippen LogP contribution is 2.36. The molecule has 2 amide bonds. The van der Waals surface area contributed by atoms with E-state index in [1.54, 1.807) is 18.2 Å². The molecule has 1 aliphatic heterocycles. The summed E-state index contributed by atoms with van der Waals surface area (Å²) in [6.45, 7) is -0.344. The number of amides is 2. The van der Waals surface area contributed by atoms with Gasteiger partial charge in [0, 0.05) is 19.0 Å². The predicted octanol–water partition coefficient (Wildman–Crippen LogP) is 1.55. The monoisotopic (exact) mass is 415 g/mol. The van der Waals surface area contributed by atoms with Crippen molar-refractivity contribution in [3.8, 4) is 17.6 Å². The van der Waals surface area contributed by atoms with E-state index >= 15 is 0 Å². The van der Waals surface area contributed by atoms with Crippen molar-refractivity contribution >= 4 is 23.5 Å². The van der Waals surface area contributed by atoms with Crippen LogP contribution in [0.5, 0.6) is 11.5 Å². The van der Waals surface area contributed by atoms with Gasteiger partial charge in [-0.25, -0.2) is 0 Å². The van der Waals surface area contributed by atoms with Gasteiger partial charge in [0.05, 0.1) is 31.9 Å². The first kappa shape index (κ1) is 21.4. The molecule has 0 spiro atoms. The fourth-order valence-corrected chi connectivity index (χ4v) is 3.91. The number of methoxy groups -OCH3 is 2. The topological polar surface area (TPSA) is 118 Å². The molecule has 0 radical (unpaired) electrons. The lowest BCUT2D eigenvalue weighted by Crippen LogP contribution is -2.47. The minimum atomic E-state index is -0.867. The average molecular weight is 415 g/mol. The summed E-state index contributed by atoms with van der Waals surface area (Å²) in [6, 6.07) is 7.21. The summed E-state index contributed by atoms with van der Waals surface area (Å²) in [5, 5.41) is 12.0. The van der Waals surface area contributed by atoms with E-state index in [-0.39, 0.29) is 18.9 Å². The minimum Gasteiger partial charge on any atom is -0.497 e. The molecule has 30 heavy (non-hydrogen) atoms. The second-order valence-electron chi connectivity index (χ2n) is 7.50. The van der Waals surface area contributed by atoms with Gasteiger partial charge in [0.1, 0.15) is 17.0 Å². The first-order valence-corrected chi connectivity index (χ1v) is 9.82. The van der Waals surface area contributed by atoms with Gasteiger partial charge in [0.15, 0.2) is 6.61 Å². The summed E-state index contributed by atoms with van der Waals surface area (Å²) < 4.78 is 15.6. The molecule has 1 heterocycles. The number of esters is 1. The molecule has 1 atom stereocenters. The Morgan fingerprint density at radius 2 is 2.00 bits per heavy atom. The molecule has 1 N–H and O–H groups in total. The van der Waals surface area contributed by atoms with Gasteiger partial charge in [-0.15, -0.1) is 0 Å². The van der Waals surface area contributed by atoms with Crippen molar-refractivity contribution in [2.24, 2.45) is 5.92 Å². The summed E-state index contributed by atoms with van der Waals surface area (Å²) in [7, 11) is 3.02. The largest absolute Gasteiger partial charge is 0.497 e. The lowest BCUT2D eigenvalue weighted by atomic mass is 10.00. The first-order valence-electron chi connectivity index (χ1n) is 9.82. The molecule has 2 aliphatic rings. The van der Waals surface area contributed by atoms with Crippen molar-refractivity contribution in [2.45, 2.75) is 37.6 Å². The number of carbonyl (C=O) groups excluding carboxylic acids is 3. The smallest absolute Gasteiger partial charge is 0.311 e. The maximum Gasteiger partial charge on any atom is 0.311 e. The molecule has 0 bridgehead atoms. The van der Waals surface area contributed by atoms with Gasteiger partial charge in [-0.2, -0.15) is 5.26 Å². The number of carbonyl (C=O) groups is 3. The normalized spacial score (nSPS) is 19.8. The number of benzene rings is 1. The van der Waals surface area contributed by atoms with Crippen LogP contribution in [0.4, 0.5) is 5.69 Å². The van der Waals surface area contributed by atoms with Crippen LogP contribution in [0.15, 0.2) is 18.2 Å². The molecule has 2 fully saturated rings. The standard InChI is InChI=1S/C21H25N3O6/c1-28-15-5-6-16(17(10-15)29-2)24-11-14(9-19(24)26)20(27)30-12-18(25)23-21(13-22)7-3-4-8-21/h5-6,10,14H,3-4,7-9,11-12H2,1-2H3,(H,23,25)/t14-/m1/s1. The number of hydrogen-bond donors (Lipinski definition) is 1. The van der Waals surface area contributed by atoms with Gasteiger partial charge >= 0.3 is 5.97 Å². The van der Waals surface area contributed by atoms with Gasteiger partial charge in [-0.05, 0) is 37.8 Å². The summed E-state index contributed by atoms with van der Waals surface area (Å²) >= 11 is 0. The van der Waals surface area contributed by atoms with Crippen molar-refractivity contribution in [3.05, 3.63) is 18.2 Å². The van der Waals surface area contributed by atoms with E-state index in [0.29, 0.717) is 30.0 Å². The molecule has 0 unspecified atom stereocenters. The summed E-state index contributed by atoms with van der Waals surface area (Å²) in [5.41, 5.74) is -0.331. The number of nitriles is 1. The molecule has 9 heteroatoms. The third-order valence-electron chi connectivity index (χ3n) is 5.53.